The number of aryl methyl sites for hydroxylation is 3. The third-order valence-electron chi connectivity index (χ3n) is 7.01. The summed E-state index contributed by atoms with van der Waals surface area (Å²) in [6.07, 6.45) is 7.79. The Hall–Kier alpha value is -2.22. The van der Waals surface area contributed by atoms with E-state index in [1.807, 2.05) is 0 Å². The minimum absolute atomic E-state index is 0.0881. The molecule has 2 heteroatoms. The second-order valence-electron chi connectivity index (χ2n) is 8.32. The average molecular weight is 328 g/mol. The highest BCUT2D eigenvalue weighted by Gasteiger charge is 2.56. The summed E-state index contributed by atoms with van der Waals surface area (Å²) in [4.78, 5) is 26.9. The van der Waals surface area contributed by atoms with Crippen LogP contribution in [-0.2, 0) is 38.5 Å². The maximum absolute atomic E-state index is 13.5. The summed E-state index contributed by atoms with van der Waals surface area (Å²) in [5.74, 6) is 0.202. The molecule has 0 amide bonds. The SMILES string of the molecule is O=C1c2cc3c(cc2C[C@@]12Cc1ccc4c(c1C2=O)CCC4)CCC3. The van der Waals surface area contributed by atoms with Gasteiger partial charge in [0.1, 0.15) is 5.41 Å². The van der Waals surface area contributed by atoms with Crippen molar-refractivity contribution in [1.29, 1.82) is 0 Å². The lowest BCUT2D eigenvalue weighted by Crippen LogP contribution is -2.34. The van der Waals surface area contributed by atoms with E-state index in [4.69, 9.17) is 0 Å². The summed E-state index contributed by atoms with van der Waals surface area (Å²) in [5.41, 5.74) is 8.42. The van der Waals surface area contributed by atoms with Crippen LogP contribution >= 0.6 is 0 Å². The van der Waals surface area contributed by atoms with E-state index in [9.17, 15) is 9.59 Å². The van der Waals surface area contributed by atoms with Crippen molar-refractivity contribution in [3.8, 4) is 0 Å². The van der Waals surface area contributed by atoms with Gasteiger partial charge in [-0.15, -0.1) is 0 Å². The van der Waals surface area contributed by atoms with Crippen LogP contribution < -0.4 is 0 Å². The molecule has 4 aliphatic carbocycles. The van der Waals surface area contributed by atoms with Gasteiger partial charge in [-0.1, -0.05) is 18.2 Å². The number of rotatable bonds is 0. The van der Waals surface area contributed by atoms with Crippen molar-refractivity contribution in [2.45, 2.75) is 51.4 Å². The van der Waals surface area contributed by atoms with Gasteiger partial charge in [-0.3, -0.25) is 9.59 Å². The molecular formula is C23H20O2. The van der Waals surface area contributed by atoms with Crippen molar-refractivity contribution in [1.82, 2.24) is 0 Å². The zero-order valence-corrected chi connectivity index (χ0v) is 14.3. The van der Waals surface area contributed by atoms with Crippen LogP contribution in [0.2, 0.25) is 0 Å². The molecule has 2 aromatic rings. The van der Waals surface area contributed by atoms with Gasteiger partial charge in [-0.2, -0.15) is 0 Å². The number of fused-ring (bicyclic) bond motifs is 5. The van der Waals surface area contributed by atoms with Gasteiger partial charge < -0.3 is 0 Å². The molecule has 0 saturated heterocycles. The van der Waals surface area contributed by atoms with Crippen molar-refractivity contribution >= 4 is 11.6 Å². The molecule has 6 rings (SSSR count). The van der Waals surface area contributed by atoms with Gasteiger partial charge in [0.25, 0.3) is 0 Å². The standard InChI is InChI=1S/C23H20O2/c24-21-19-10-15-5-1-4-14(15)9-17(19)12-23(21)11-16-8-7-13-3-2-6-18(13)20(16)22(23)25/h7-10H,1-6,11-12H2/t23-/m0/s1. The van der Waals surface area contributed by atoms with E-state index in [0.29, 0.717) is 12.8 Å². The second kappa shape index (κ2) is 4.49. The molecule has 0 fully saturated rings. The maximum atomic E-state index is 13.5. The first kappa shape index (κ1) is 14.0. The maximum Gasteiger partial charge on any atom is 0.178 e. The number of hydrogen-bond donors (Lipinski definition) is 0. The Labute approximate surface area is 147 Å². The summed E-state index contributed by atoms with van der Waals surface area (Å²) >= 11 is 0. The fourth-order valence-corrected chi connectivity index (χ4v) is 5.81. The Kier molecular flexibility index (Phi) is 2.51. The van der Waals surface area contributed by atoms with E-state index in [1.165, 1.54) is 28.7 Å². The third-order valence-corrected chi connectivity index (χ3v) is 7.01. The summed E-state index contributed by atoms with van der Waals surface area (Å²) in [6, 6.07) is 8.64. The number of carbonyl (C=O) groups is 2. The van der Waals surface area contributed by atoms with Gasteiger partial charge in [0.05, 0.1) is 0 Å². The summed E-state index contributed by atoms with van der Waals surface area (Å²) in [5, 5.41) is 0. The van der Waals surface area contributed by atoms with Crippen molar-refractivity contribution in [2.75, 3.05) is 0 Å². The Balaban J connectivity index is 1.50. The van der Waals surface area contributed by atoms with E-state index >= 15 is 0 Å². The van der Waals surface area contributed by atoms with E-state index in [-0.39, 0.29) is 11.6 Å². The number of ketones is 2. The van der Waals surface area contributed by atoms with Crippen molar-refractivity contribution in [3.05, 3.63) is 68.8 Å². The average Bonchev–Trinajstić information content (AvgIpc) is 3.35. The van der Waals surface area contributed by atoms with E-state index < -0.39 is 5.41 Å². The van der Waals surface area contributed by atoms with Gasteiger partial charge in [0, 0.05) is 11.1 Å². The highest BCUT2D eigenvalue weighted by Crippen LogP contribution is 2.49. The summed E-state index contributed by atoms with van der Waals surface area (Å²) in [6.45, 7) is 0. The van der Waals surface area contributed by atoms with Gasteiger partial charge in [-0.05, 0) is 90.8 Å². The first-order valence-electron chi connectivity index (χ1n) is 9.55. The van der Waals surface area contributed by atoms with Crippen LogP contribution in [0.3, 0.4) is 0 Å². The molecule has 0 bridgehead atoms. The number of Topliss-reactive ketones (excluding diaryl/α,β-unsaturated/α-hetero) is 2. The van der Waals surface area contributed by atoms with Crippen LogP contribution in [0.15, 0.2) is 24.3 Å². The highest BCUT2D eigenvalue weighted by atomic mass is 16.2. The molecule has 4 aliphatic rings. The van der Waals surface area contributed by atoms with Gasteiger partial charge >= 0.3 is 0 Å². The lowest BCUT2D eigenvalue weighted by molar-refractivity contribution is 0.0705. The van der Waals surface area contributed by atoms with Crippen molar-refractivity contribution in [2.24, 2.45) is 5.41 Å². The molecule has 25 heavy (non-hydrogen) atoms. The molecule has 0 saturated carbocycles. The smallest absolute Gasteiger partial charge is 0.178 e. The van der Waals surface area contributed by atoms with E-state index in [2.05, 4.69) is 24.3 Å². The molecule has 0 unspecified atom stereocenters. The van der Waals surface area contributed by atoms with Crippen LogP contribution in [-0.4, -0.2) is 11.6 Å². The fourth-order valence-electron chi connectivity index (χ4n) is 5.81. The van der Waals surface area contributed by atoms with Crippen LogP contribution in [0, 0.1) is 5.41 Å². The van der Waals surface area contributed by atoms with Gasteiger partial charge in [0.2, 0.25) is 0 Å². The highest BCUT2D eigenvalue weighted by molar-refractivity contribution is 6.25. The van der Waals surface area contributed by atoms with Crippen LogP contribution in [0.4, 0.5) is 0 Å². The molecule has 1 atom stereocenters. The Bertz CT molecular complexity index is 998. The monoisotopic (exact) mass is 328 g/mol. The lowest BCUT2D eigenvalue weighted by atomic mass is 9.79. The topological polar surface area (TPSA) is 34.1 Å². The number of carbonyl (C=O) groups excluding carboxylic acids is 2. The summed E-state index contributed by atoms with van der Waals surface area (Å²) < 4.78 is 0. The third kappa shape index (κ3) is 1.61. The van der Waals surface area contributed by atoms with Crippen LogP contribution in [0.25, 0.3) is 0 Å². The quantitative estimate of drug-likeness (QED) is 0.689. The number of hydrogen-bond acceptors (Lipinski definition) is 2. The molecule has 0 heterocycles. The Morgan fingerprint density at radius 2 is 1.36 bits per heavy atom. The van der Waals surface area contributed by atoms with Crippen molar-refractivity contribution in [3.63, 3.8) is 0 Å². The van der Waals surface area contributed by atoms with E-state index in [0.717, 1.165) is 54.4 Å². The molecular weight excluding hydrogens is 308 g/mol. The number of benzene rings is 2. The predicted molar refractivity (Wildman–Crippen MR) is 95.4 cm³/mol. The lowest BCUT2D eigenvalue weighted by Gasteiger charge is -2.18. The molecule has 2 aromatic carbocycles. The first-order valence-corrected chi connectivity index (χ1v) is 9.55. The Morgan fingerprint density at radius 1 is 0.680 bits per heavy atom. The molecule has 124 valence electrons. The minimum Gasteiger partial charge on any atom is -0.293 e. The summed E-state index contributed by atoms with van der Waals surface area (Å²) in [7, 11) is 0. The van der Waals surface area contributed by atoms with Crippen molar-refractivity contribution < 1.29 is 9.59 Å². The first-order chi connectivity index (χ1) is 12.2. The van der Waals surface area contributed by atoms with Gasteiger partial charge in [0.15, 0.2) is 11.6 Å². The molecule has 0 N–H and O–H groups in total. The normalized spacial score (nSPS) is 25.4. The molecule has 2 nitrogen and oxygen atoms in total. The predicted octanol–water partition coefficient (Wildman–Crippen LogP) is 3.83. The van der Waals surface area contributed by atoms with Crippen LogP contribution in [0.5, 0.6) is 0 Å². The molecule has 0 radical (unpaired) electrons. The fraction of sp³-hybridized carbons (Fsp3) is 0.391. The van der Waals surface area contributed by atoms with Gasteiger partial charge in [-0.25, -0.2) is 0 Å². The largest absolute Gasteiger partial charge is 0.293 e. The Morgan fingerprint density at radius 3 is 2.24 bits per heavy atom. The zero-order chi connectivity index (χ0) is 16.8. The molecule has 0 aromatic heterocycles. The minimum atomic E-state index is -0.836. The molecule has 0 aliphatic heterocycles. The zero-order valence-electron chi connectivity index (χ0n) is 14.3. The van der Waals surface area contributed by atoms with E-state index in [1.54, 1.807) is 0 Å². The second-order valence-corrected chi connectivity index (χ2v) is 8.32. The van der Waals surface area contributed by atoms with Crippen LogP contribution in [0.1, 0.15) is 66.9 Å². The molecule has 1 spiro atoms.